The second kappa shape index (κ2) is 9.57. The highest BCUT2D eigenvalue weighted by atomic mass is 35.5. The monoisotopic (exact) mass is 439 g/mol. The number of hydrogen-bond acceptors (Lipinski definition) is 5. The minimum atomic E-state index is -0.605. The van der Waals surface area contributed by atoms with Crippen molar-refractivity contribution in [3.05, 3.63) is 81.9 Å². The number of H-pyrrole nitrogens is 1. The fourth-order valence-corrected chi connectivity index (χ4v) is 3.49. The van der Waals surface area contributed by atoms with Gasteiger partial charge in [-0.15, -0.1) is 0 Å². The summed E-state index contributed by atoms with van der Waals surface area (Å²) >= 11 is 6.00. The number of aromatic nitrogens is 2. The molecule has 1 N–H and O–H groups in total. The van der Waals surface area contributed by atoms with E-state index >= 15 is 0 Å². The fraction of sp³-hybridized carbons (Fsp3) is 0.217. The Balaban J connectivity index is 1.98. The number of Topliss-reactive ketones (excluding diaryl/α,β-unsaturated/α-hetero) is 1. The summed E-state index contributed by atoms with van der Waals surface area (Å²) in [5, 5.41) is 0.549. The number of benzene rings is 1. The molecule has 2 aromatic heterocycles. The molecule has 0 aliphatic carbocycles. The molecule has 0 radical (unpaired) electrons. The van der Waals surface area contributed by atoms with E-state index in [9.17, 15) is 14.4 Å². The van der Waals surface area contributed by atoms with Crippen LogP contribution in [0.2, 0.25) is 5.02 Å². The maximum Gasteiger partial charge on any atom is 0.339 e. The van der Waals surface area contributed by atoms with E-state index in [2.05, 4.69) is 9.97 Å². The zero-order valence-corrected chi connectivity index (χ0v) is 18.2. The first kappa shape index (κ1) is 22.2. The minimum Gasteiger partial charge on any atom is -0.465 e. The average Bonchev–Trinajstić information content (AvgIpc) is 3.09. The van der Waals surface area contributed by atoms with Crippen LogP contribution in [-0.4, -0.2) is 34.7 Å². The molecule has 0 aliphatic rings. The van der Waals surface area contributed by atoms with Crippen molar-refractivity contribution < 1.29 is 19.1 Å². The van der Waals surface area contributed by atoms with E-state index in [1.807, 2.05) is 12.1 Å². The van der Waals surface area contributed by atoms with E-state index in [4.69, 9.17) is 16.3 Å². The Morgan fingerprint density at radius 2 is 1.84 bits per heavy atom. The van der Waals surface area contributed by atoms with Gasteiger partial charge in [-0.3, -0.25) is 14.6 Å². The predicted molar refractivity (Wildman–Crippen MR) is 117 cm³/mol. The van der Waals surface area contributed by atoms with Crippen molar-refractivity contribution in [1.29, 1.82) is 0 Å². The molecule has 0 aliphatic heterocycles. The van der Waals surface area contributed by atoms with Crippen LogP contribution < -0.4 is 4.90 Å². The molecule has 31 heavy (non-hydrogen) atoms. The standard InChI is InChI=1S/C23H22ClN3O4/c1-14-21(23(30)31-3)19(26-22(14)15(2)28)12-20(29)27(13-17-6-4-5-11-25-17)18-9-7-16(24)8-10-18/h4-11,26H,12-13H2,1-3H3. The molecule has 0 saturated carbocycles. The molecule has 1 amide bonds. The predicted octanol–water partition coefficient (Wildman–Crippen LogP) is 4.14. The summed E-state index contributed by atoms with van der Waals surface area (Å²) in [6, 6.07) is 12.3. The SMILES string of the molecule is COC(=O)c1c(CC(=O)N(Cc2ccccn2)c2ccc(Cl)cc2)[nH]c(C(C)=O)c1C. The van der Waals surface area contributed by atoms with Gasteiger partial charge in [0, 0.05) is 29.5 Å². The molecule has 7 nitrogen and oxygen atoms in total. The molecule has 2 heterocycles. The molecule has 1 aromatic carbocycles. The minimum absolute atomic E-state index is 0.131. The van der Waals surface area contributed by atoms with Crippen molar-refractivity contribution in [2.75, 3.05) is 12.0 Å². The van der Waals surface area contributed by atoms with E-state index < -0.39 is 5.97 Å². The summed E-state index contributed by atoms with van der Waals surface area (Å²) in [5.74, 6) is -1.12. The van der Waals surface area contributed by atoms with Gasteiger partial charge in [0.2, 0.25) is 5.91 Å². The third kappa shape index (κ3) is 5.00. The molecule has 8 heteroatoms. The van der Waals surface area contributed by atoms with Gasteiger partial charge in [-0.05, 0) is 48.9 Å². The Morgan fingerprint density at radius 3 is 2.42 bits per heavy atom. The zero-order valence-electron chi connectivity index (χ0n) is 17.4. The fourth-order valence-electron chi connectivity index (χ4n) is 3.37. The van der Waals surface area contributed by atoms with Crippen LogP contribution in [-0.2, 0) is 22.5 Å². The molecular formula is C23H22ClN3O4. The number of hydrogen-bond donors (Lipinski definition) is 1. The lowest BCUT2D eigenvalue weighted by atomic mass is 10.1. The Morgan fingerprint density at radius 1 is 1.13 bits per heavy atom. The highest BCUT2D eigenvalue weighted by molar-refractivity contribution is 6.30. The number of anilines is 1. The van der Waals surface area contributed by atoms with Crippen molar-refractivity contribution in [3.8, 4) is 0 Å². The molecule has 0 spiro atoms. The maximum absolute atomic E-state index is 13.4. The summed E-state index contributed by atoms with van der Waals surface area (Å²) in [7, 11) is 1.26. The van der Waals surface area contributed by atoms with Crippen LogP contribution in [0.5, 0.6) is 0 Å². The van der Waals surface area contributed by atoms with Gasteiger partial charge in [-0.2, -0.15) is 0 Å². The molecule has 0 fully saturated rings. The van der Waals surface area contributed by atoms with Gasteiger partial charge >= 0.3 is 5.97 Å². The van der Waals surface area contributed by atoms with Crippen molar-refractivity contribution in [3.63, 3.8) is 0 Å². The molecule has 160 valence electrons. The van der Waals surface area contributed by atoms with E-state index in [0.717, 1.165) is 0 Å². The van der Waals surface area contributed by atoms with Gasteiger partial charge in [-0.1, -0.05) is 17.7 Å². The van der Waals surface area contributed by atoms with E-state index in [1.54, 1.807) is 48.4 Å². The third-order valence-electron chi connectivity index (χ3n) is 4.88. The summed E-state index contributed by atoms with van der Waals surface area (Å²) in [6.45, 7) is 3.28. The number of halogens is 1. The number of esters is 1. The number of nitrogens with zero attached hydrogens (tertiary/aromatic N) is 2. The zero-order chi connectivity index (χ0) is 22.5. The average molecular weight is 440 g/mol. The molecular weight excluding hydrogens is 418 g/mol. The van der Waals surface area contributed by atoms with Gasteiger partial charge in [0.25, 0.3) is 0 Å². The van der Waals surface area contributed by atoms with Crippen LogP contribution in [0.25, 0.3) is 0 Å². The topological polar surface area (TPSA) is 92.4 Å². The highest BCUT2D eigenvalue weighted by Gasteiger charge is 2.26. The van der Waals surface area contributed by atoms with Gasteiger partial charge < -0.3 is 14.6 Å². The number of aromatic amines is 1. The first-order chi connectivity index (χ1) is 14.8. The second-order valence-electron chi connectivity index (χ2n) is 6.98. The van der Waals surface area contributed by atoms with Crippen LogP contribution in [0.15, 0.2) is 48.7 Å². The van der Waals surface area contributed by atoms with Crippen molar-refractivity contribution >= 4 is 34.9 Å². The molecule has 0 saturated heterocycles. The lowest BCUT2D eigenvalue weighted by Crippen LogP contribution is -2.32. The first-order valence-electron chi connectivity index (χ1n) is 9.58. The summed E-state index contributed by atoms with van der Waals surface area (Å²) < 4.78 is 4.87. The Labute approximate surface area is 185 Å². The summed E-state index contributed by atoms with van der Waals surface area (Å²) in [6.07, 6.45) is 1.52. The van der Waals surface area contributed by atoms with E-state index in [1.165, 1.54) is 14.0 Å². The van der Waals surface area contributed by atoms with E-state index in [0.29, 0.717) is 27.7 Å². The van der Waals surface area contributed by atoms with E-state index in [-0.39, 0.29) is 35.9 Å². The number of ketones is 1. The highest BCUT2D eigenvalue weighted by Crippen LogP contribution is 2.24. The van der Waals surface area contributed by atoms with Crippen LogP contribution in [0.1, 0.15) is 44.7 Å². The molecule has 0 unspecified atom stereocenters. The lowest BCUT2D eigenvalue weighted by molar-refractivity contribution is -0.118. The van der Waals surface area contributed by atoms with Crippen LogP contribution in [0, 0.1) is 6.92 Å². The molecule has 3 rings (SSSR count). The number of ether oxygens (including phenoxy) is 1. The lowest BCUT2D eigenvalue weighted by Gasteiger charge is -2.23. The Bertz CT molecular complexity index is 1110. The number of methoxy groups -OCH3 is 1. The van der Waals surface area contributed by atoms with Crippen molar-refractivity contribution in [2.45, 2.75) is 26.8 Å². The second-order valence-corrected chi connectivity index (χ2v) is 7.42. The Hall–Kier alpha value is -3.45. The maximum atomic E-state index is 13.4. The number of pyridine rings is 1. The third-order valence-corrected chi connectivity index (χ3v) is 5.13. The van der Waals surface area contributed by atoms with Crippen LogP contribution in [0.4, 0.5) is 5.69 Å². The van der Waals surface area contributed by atoms with Gasteiger partial charge in [-0.25, -0.2) is 4.79 Å². The number of nitrogens with one attached hydrogen (secondary N) is 1. The van der Waals surface area contributed by atoms with Crippen molar-refractivity contribution in [2.24, 2.45) is 0 Å². The van der Waals surface area contributed by atoms with Crippen LogP contribution >= 0.6 is 11.6 Å². The van der Waals surface area contributed by atoms with Crippen LogP contribution in [0.3, 0.4) is 0 Å². The summed E-state index contributed by atoms with van der Waals surface area (Å²) in [5.41, 5.74) is 2.62. The number of carbonyl (C=O) groups excluding carboxylic acids is 3. The normalized spacial score (nSPS) is 10.6. The quantitative estimate of drug-likeness (QED) is 0.441. The largest absolute Gasteiger partial charge is 0.465 e. The summed E-state index contributed by atoms with van der Waals surface area (Å²) in [4.78, 5) is 46.5. The van der Waals surface area contributed by atoms with Gasteiger partial charge in [0.15, 0.2) is 5.78 Å². The van der Waals surface area contributed by atoms with Gasteiger partial charge in [0.05, 0.1) is 37.0 Å². The Kier molecular flexibility index (Phi) is 6.87. The molecule has 0 atom stereocenters. The van der Waals surface area contributed by atoms with Gasteiger partial charge in [0.1, 0.15) is 0 Å². The first-order valence-corrected chi connectivity index (χ1v) is 9.96. The number of rotatable bonds is 7. The smallest absolute Gasteiger partial charge is 0.339 e. The number of amides is 1. The van der Waals surface area contributed by atoms with Crippen molar-refractivity contribution in [1.82, 2.24) is 9.97 Å². The molecule has 3 aromatic rings. The number of carbonyl (C=O) groups is 3. The molecule has 0 bridgehead atoms.